The zero-order valence-corrected chi connectivity index (χ0v) is 12.8. The number of allylic oxidation sites excluding steroid dienone is 1. The molecule has 21 heavy (non-hydrogen) atoms. The molecule has 1 N–H and O–H groups in total. The minimum absolute atomic E-state index is 0.0747. The summed E-state index contributed by atoms with van der Waals surface area (Å²) in [5.74, 6) is 0.162. The molecule has 5 heteroatoms. The molecule has 4 atom stereocenters. The van der Waals surface area contributed by atoms with E-state index in [1.807, 2.05) is 0 Å². The van der Waals surface area contributed by atoms with Crippen LogP contribution in [-0.4, -0.2) is 39.8 Å². The van der Waals surface area contributed by atoms with Crippen molar-refractivity contribution in [1.29, 1.82) is 0 Å². The maximum atomic E-state index is 12.6. The van der Waals surface area contributed by atoms with E-state index >= 15 is 0 Å². The summed E-state index contributed by atoms with van der Waals surface area (Å²) in [4.78, 5) is 26.1. The fourth-order valence-electron chi connectivity index (χ4n) is 4.78. The molecule has 1 spiro atoms. The van der Waals surface area contributed by atoms with E-state index in [0.29, 0.717) is 5.92 Å². The first kappa shape index (κ1) is 14.6. The number of rotatable bonds is 3. The zero-order chi connectivity index (χ0) is 15.4. The maximum absolute atomic E-state index is 12.6. The number of nitrogens with zero attached hydrogens (tertiary/aromatic N) is 1. The van der Waals surface area contributed by atoms with Crippen LogP contribution in [0.1, 0.15) is 46.5 Å². The lowest BCUT2D eigenvalue weighted by Gasteiger charge is -2.41. The summed E-state index contributed by atoms with van der Waals surface area (Å²) in [5, 5.41) is 9.82. The Morgan fingerprint density at radius 2 is 2.29 bits per heavy atom. The van der Waals surface area contributed by atoms with Gasteiger partial charge in [-0.15, -0.1) is 0 Å². The zero-order valence-electron chi connectivity index (χ0n) is 12.8. The summed E-state index contributed by atoms with van der Waals surface area (Å²) in [6, 6.07) is 0. The van der Waals surface area contributed by atoms with E-state index in [2.05, 4.69) is 13.8 Å². The van der Waals surface area contributed by atoms with E-state index in [0.717, 1.165) is 19.3 Å². The van der Waals surface area contributed by atoms with Crippen LogP contribution in [0.2, 0.25) is 0 Å². The average Bonchev–Trinajstić information content (AvgIpc) is 2.89. The molecule has 0 aromatic heterocycles. The first-order valence-corrected chi connectivity index (χ1v) is 7.69. The smallest absolute Gasteiger partial charge is 0.417 e. The van der Waals surface area contributed by atoms with E-state index in [-0.39, 0.29) is 23.8 Å². The molecule has 1 aliphatic heterocycles. The lowest BCUT2D eigenvalue weighted by atomic mass is 9.74. The molecule has 0 unspecified atom stereocenters. The van der Waals surface area contributed by atoms with Gasteiger partial charge in [-0.2, -0.15) is 0 Å². The van der Waals surface area contributed by atoms with Crippen molar-refractivity contribution in [2.75, 3.05) is 0 Å². The molecule has 5 nitrogen and oxygen atoms in total. The van der Waals surface area contributed by atoms with Crippen molar-refractivity contribution in [1.82, 2.24) is 4.90 Å². The number of aliphatic hydroxyl groups is 1. The maximum Gasteiger partial charge on any atom is 0.417 e. The Kier molecular flexibility index (Phi) is 3.17. The van der Waals surface area contributed by atoms with Crippen LogP contribution < -0.4 is 0 Å². The van der Waals surface area contributed by atoms with Crippen LogP contribution in [0.5, 0.6) is 0 Å². The normalized spacial score (nSPS) is 37.9. The molecular weight excluding hydrogens is 270 g/mol. The highest BCUT2D eigenvalue weighted by molar-refractivity contribution is 5.95. The molecule has 2 aliphatic carbocycles. The SMILES string of the molecule is C/C=C/[C@@H](O)CC(=O)N1C(=O)O[C@@H]2C[C@H]3CC[C@]21C3(C)C. The van der Waals surface area contributed by atoms with Gasteiger partial charge in [0.25, 0.3) is 0 Å². The van der Waals surface area contributed by atoms with Crippen molar-refractivity contribution in [3.8, 4) is 0 Å². The monoisotopic (exact) mass is 293 g/mol. The molecule has 116 valence electrons. The highest BCUT2D eigenvalue weighted by Gasteiger charge is 2.73. The molecule has 0 aromatic rings. The van der Waals surface area contributed by atoms with Gasteiger partial charge in [-0.1, -0.05) is 26.0 Å². The molecule has 3 aliphatic rings. The van der Waals surface area contributed by atoms with Gasteiger partial charge in [0.2, 0.25) is 5.91 Å². The van der Waals surface area contributed by atoms with Gasteiger partial charge in [0.05, 0.1) is 18.1 Å². The van der Waals surface area contributed by atoms with Gasteiger partial charge in [-0.05, 0) is 37.5 Å². The largest absolute Gasteiger partial charge is 0.443 e. The number of amides is 2. The van der Waals surface area contributed by atoms with Gasteiger partial charge in [0, 0.05) is 0 Å². The van der Waals surface area contributed by atoms with E-state index in [9.17, 15) is 14.7 Å². The quantitative estimate of drug-likeness (QED) is 0.810. The van der Waals surface area contributed by atoms with Gasteiger partial charge in [-0.25, -0.2) is 9.69 Å². The number of hydrogen-bond donors (Lipinski definition) is 1. The minimum atomic E-state index is -0.854. The Morgan fingerprint density at radius 1 is 1.57 bits per heavy atom. The molecule has 3 fully saturated rings. The fraction of sp³-hybridized carbons (Fsp3) is 0.750. The molecular formula is C16H23NO4. The summed E-state index contributed by atoms with van der Waals surface area (Å²) in [7, 11) is 0. The molecule has 3 rings (SSSR count). The Morgan fingerprint density at radius 3 is 2.90 bits per heavy atom. The van der Waals surface area contributed by atoms with E-state index in [1.165, 1.54) is 4.90 Å². The second-order valence-corrected chi connectivity index (χ2v) is 7.02. The van der Waals surface area contributed by atoms with Crippen LogP contribution in [-0.2, 0) is 9.53 Å². The second kappa shape index (κ2) is 4.57. The second-order valence-electron chi connectivity index (χ2n) is 7.02. The average molecular weight is 293 g/mol. The van der Waals surface area contributed by atoms with Crippen LogP contribution in [0.3, 0.4) is 0 Å². The van der Waals surface area contributed by atoms with Crippen LogP contribution in [0, 0.1) is 11.3 Å². The first-order valence-electron chi connectivity index (χ1n) is 7.69. The fourth-order valence-corrected chi connectivity index (χ4v) is 4.78. The summed E-state index contributed by atoms with van der Waals surface area (Å²) in [6.45, 7) is 6.05. The highest BCUT2D eigenvalue weighted by Crippen LogP contribution is 2.65. The van der Waals surface area contributed by atoms with Gasteiger partial charge in [0.1, 0.15) is 6.10 Å². The molecule has 2 saturated carbocycles. The Labute approximate surface area is 124 Å². The van der Waals surface area contributed by atoms with Crippen molar-refractivity contribution in [2.45, 2.75) is 64.2 Å². The Hall–Kier alpha value is -1.36. The van der Waals surface area contributed by atoms with Crippen molar-refractivity contribution < 1.29 is 19.4 Å². The van der Waals surface area contributed by atoms with E-state index in [4.69, 9.17) is 4.74 Å². The Balaban J connectivity index is 1.90. The number of carbonyl (C=O) groups excluding carboxylic acids is 2. The highest BCUT2D eigenvalue weighted by atomic mass is 16.6. The molecule has 2 bridgehead atoms. The molecule has 2 amide bonds. The predicted octanol–water partition coefficient (Wildman–Crippen LogP) is 2.24. The van der Waals surface area contributed by atoms with Crippen LogP contribution in [0.25, 0.3) is 0 Å². The number of hydrogen-bond acceptors (Lipinski definition) is 4. The third-order valence-electron chi connectivity index (χ3n) is 5.91. The number of imide groups is 1. The number of carbonyl (C=O) groups is 2. The lowest BCUT2D eigenvalue weighted by Crippen LogP contribution is -2.57. The number of aliphatic hydroxyl groups excluding tert-OH is 1. The van der Waals surface area contributed by atoms with Gasteiger partial charge in [-0.3, -0.25) is 4.79 Å². The molecule has 0 aromatic carbocycles. The van der Waals surface area contributed by atoms with Gasteiger partial charge >= 0.3 is 6.09 Å². The standard InChI is InChI=1S/C16H23NO4/c1-4-5-11(18)9-13(19)17-14(20)21-12-8-10-6-7-16(12,17)15(10,2)3/h4-5,10-12,18H,6-9H2,1-3H3/b5-4+/t10-,11-,12-,16-/m1/s1. The van der Waals surface area contributed by atoms with Gasteiger partial charge in [0.15, 0.2) is 0 Å². The van der Waals surface area contributed by atoms with Crippen molar-refractivity contribution in [2.24, 2.45) is 11.3 Å². The van der Waals surface area contributed by atoms with Crippen molar-refractivity contribution in [3.63, 3.8) is 0 Å². The topological polar surface area (TPSA) is 66.8 Å². The number of fused-ring (bicyclic) bond motifs is 1. The minimum Gasteiger partial charge on any atom is -0.443 e. The van der Waals surface area contributed by atoms with Crippen molar-refractivity contribution in [3.05, 3.63) is 12.2 Å². The third kappa shape index (κ3) is 1.73. The van der Waals surface area contributed by atoms with E-state index in [1.54, 1.807) is 19.1 Å². The first-order chi connectivity index (χ1) is 9.84. The predicted molar refractivity (Wildman–Crippen MR) is 76.4 cm³/mol. The van der Waals surface area contributed by atoms with Crippen LogP contribution >= 0.6 is 0 Å². The Bertz CT molecular complexity index is 512. The van der Waals surface area contributed by atoms with Gasteiger partial charge < -0.3 is 9.84 Å². The molecule has 1 heterocycles. The lowest BCUT2D eigenvalue weighted by molar-refractivity contribution is -0.136. The molecule has 0 radical (unpaired) electrons. The summed E-state index contributed by atoms with van der Waals surface area (Å²) >= 11 is 0. The summed E-state index contributed by atoms with van der Waals surface area (Å²) in [6.07, 6.45) is 4.31. The van der Waals surface area contributed by atoms with Crippen LogP contribution in [0.4, 0.5) is 4.79 Å². The van der Waals surface area contributed by atoms with E-state index < -0.39 is 17.7 Å². The third-order valence-corrected chi connectivity index (χ3v) is 5.91. The number of ether oxygens (including phenoxy) is 1. The summed E-state index contributed by atoms with van der Waals surface area (Å²) in [5.41, 5.74) is -0.632. The van der Waals surface area contributed by atoms with Crippen LogP contribution in [0.15, 0.2) is 12.2 Å². The van der Waals surface area contributed by atoms with Crippen molar-refractivity contribution >= 4 is 12.0 Å². The molecule has 1 saturated heterocycles. The summed E-state index contributed by atoms with van der Waals surface area (Å²) < 4.78 is 5.49.